The summed E-state index contributed by atoms with van der Waals surface area (Å²) in [5.74, 6) is 0.865. The Morgan fingerprint density at radius 3 is 2.91 bits per heavy atom. The SMILES string of the molecule is Cc1noc(CCCC(=O)N2CCCC(CCC(=O)O)C2)n1. The molecular formula is C15H23N3O4. The first-order valence-corrected chi connectivity index (χ1v) is 7.83. The van der Waals surface area contributed by atoms with Crippen LogP contribution in [0.25, 0.3) is 0 Å². The summed E-state index contributed by atoms with van der Waals surface area (Å²) in [7, 11) is 0. The van der Waals surface area contributed by atoms with E-state index in [1.54, 1.807) is 6.92 Å². The van der Waals surface area contributed by atoms with Crippen molar-refractivity contribution in [1.29, 1.82) is 0 Å². The topological polar surface area (TPSA) is 96.5 Å². The van der Waals surface area contributed by atoms with E-state index < -0.39 is 5.97 Å². The first-order valence-electron chi connectivity index (χ1n) is 7.83. The monoisotopic (exact) mass is 309 g/mol. The van der Waals surface area contributed by atoms with Crippen molar-refractivity contribution in [3.8, 4) is 0 Å². The number of aliphatic carboxylic acids is 1. The van der Waals surface area contributed by atoms with Crippen LogP contribution in [0.5, 0.6) is 0 Å². The van der Waals surface area contributed by atoms with E-state index in [2.05, 4.69) is 10.1 Å². The molecule has 0 aromatic carbocycles. The van der Waals surface area contributed by atoms with Crippen molar-refractivity contribution >= 4 is 11.9 Å². The maximum atomic E-state index is 12.2. The molecule has 0 bridgehead atoms. The Morgan fingerprint density at radius 1 is 1.41 bits per heavy atom. The molecule has 0 aliphatic carbocycles. The molecule has 1 aliphatic rings. The number of hydrogen-bond donors (Lipinski definition) is 1. The summed E-state index contributed by atoms with van der Waals surface area (Å²) < 4.78 is 5.02. The minimum atomic E-state index is -0.765. The van der Waals surface area contributed by atoms with Crippen LogP contribution in [0.4, 0.5) is 0 Å². The molecule has 122 valence electrons. The molecule has 2 rings (SSSR count). The van der Waals surface area contributed by atoms with Gasteiger partial charge in [0, 0.05) is 32.4 Å². The number of nitrogens with zero attached hydrogens (tertiary/aromatic N) is 3. The number of carboxylic acids is 1. The molecule has 0 saturated carbocycles. The Balaban J connectivity index is 1.70. The van der Waals surface area contributed by atoms with Crippen LogP contribution in [0, 0.1) is 12.8 Å². The fraction of sp³-hybridized carbons (Fsp3) is 0.733. The Kier molecular flexibility index (Phi) is 5.91. The molecule has 1 aromatic rings. The van der Waals surface area contributed by atoms with Gasteiger partial charge in [-0.15, -0.1) is 0 Å². The molecule has 1 amide bonds. The van der Waals surface area contributed by atoms with Gasteiger partial charge >= 0.3 is 5.97 Å². The van der Waals surface area contributed by atoms with E-state index >= 15 is 0 Å². The minimum Gasteiger partial charge on any atom is -0.481 e. The van der Waals surface area contributed by atoms with Crippen molar-refractivity contribution in [3.05, 3.63) is 11.7 Å². The largest absolute Gasteiger partial charge is 0.481 e. The van der Waals surface area contributed by atoms with Crippen LogP contribution in [0.3, 0.4) is 0 Å². The molecule has 1 aliphatic heterocycles. The van der Waals surface area contributed by atoms with E-state index in [0.29, 0.717) is 49.9 Å². The first-order chi connectivity index (χ1) is 10.5. The third kappa shape index (κ3) is 5.13. The molecule has 1 aromatic heterocycles. The van der Waals surface area contributed by atoms with Crippen LogP contribution < -0.4 is 0 Å². The first kappa shape index (κ1) is 16.5. The average molecular weight is 309 g/mol. The summed E-state index contributed by atoms with van der Waals surface area (Å²) >= 11 is 0. The predicted molar refractivity (Wildman–Crippen MR) is 78.1 cm³/mol. The van der Waals surface area contributed by atoms with Crippen LogP contribution in [0.15, 0.2) is 4.52 Å². The number of carboxylic acid groups (broad SMARTS) is 1. The van der Waals surface area contributed by atoms with Crippen LogP contribution >= 0.6 is 0 Å². The molecule has 1 fully saturated rings. The number of carbonyl (C=O) groups is 2. The van der Waals surface area contributed by atoms with Gasteiger partial charge in [-0.1, -0.05) is 5.16 Å². The number of carbonyl (C=O) groups excluding carboxylic acids is 1. The second kappa shape index (κ2) is 7.91. The molecule has 1 unspecified atom stereocenters. The van der Waals surface area contributed by atoms with Crippen molar-refractivity contribution in [2.45, 2.75) is 51.9 Å². The molecule has 0 spiro atoms. The molecule has 7 heteroatoms. The molecular weight excluding hydrogens is 286 g/mol. The van der Waals surface area contributed by atoms with E-state index in [0.717, 1.165) is 19.4 Å². The van der Waals surface area contributed by atoms with Crippen LogP contribution in [-0.4, -0.2) is 45.1 Å². The summed E-state index contributed by atoms with van der Waals surface area (Å²) in [6.45, 7) is 3.23. The number of hydrogen-bond acceptors (Lipinski definition) is 5. The summed E-state index contributed by atoms with van der Waals surface area (Å²) in [6.07, 6.45) is 4.58. The molecule has 1 N–H and O–H groups in total. The number of aryl methyl sites for hydroxylation is 2. The van der Waals surface area contributed by atoms with E-state index in [4.69, 9.17) is 9.63 Å². The van der Waals surface area contributed by atoms with E-state index in [9.17, 15) is 9.59 Å². The third-order valence-corrected chi connectivity index (χ3v) is 3.99. The van der Waals surface area contributed by atoms with Crippen molar-refractivity contribution in [1.82, 2.24) is 15.0 Å². The third-order valence-electron chi connectivity index (χ3n) is 3.99. The van der Waals surface area contributed by atoms with Gasteiger partial charge in [-0.2, -0.15) is 4.98 Å². The Bertz CT molecular complexity index is 515. The Labute approximate surface area is 129 Å². The van der Waals surface area contributed by atoms with Crippen LogP contribution in [0.2, 0.25) is 0 Å². The molecule has 1 atom stereocenters. The smallest absolute Gasteiger partial charge is 0.303 e. The van der Waals surface area contributed by atoms with Crippen molar-refractivity contribution in [2.24, 2.45) is 5.92 Å². The summed E-state index contributed by atoms with van der Waals surface area (Å²) in [6, 6.07) is 0. The second-order valence-corrected chi connectivity index (χ2v) is 5.87. The average Bonchev–Trinajstić information content (AvgIpc) is 2.91. The van der Waals surface area contributed by atoms with Gasteiger partial charge in [0.2, 0.25) is 11.8 Å². The number of piperidine rings is 1. The molecule has 2 heterocycles. The van der Waals surface area contributed by atoms with Gasteiger partial charge in [-0.05, 0) is 38.5 Å². The second-order valence-electron chi connectivity index (χ2n) is 5.87. The number of aromatic nitrogens is 2. The lowest BCUT2D eigenvalue weighted by atomic mass is 9.93. The Morgan fingerprint density at radius 2 is 2.23 bits per heavy atom. The summed E-state index contributed by atoms with van der Waals surface area (Å²) in [5.41, 5.74) is 0. The highest BCUT2D eigenvalue weighted by Crippen LogP contribution is 2.21. The summed E-state index contributed by atoms with van der Waals surface area (Å²) in [4.78, 5) is 28.8. The number of rotatable bonds is 7. The van der Waals surface area contributed by atoms with Crippen LogP contribution in [0.1, 0.15) is 50.2 Å². The quantitative estimate of drug-likeness (QED) is 0.825. The van der Waals surface area contributed by atoms with Gasteiger partial charge in [0.05, 0.1) is 0 Å². The van der Waals surface area contributed by atoms with Crippen molar-refractivity contribution in [3.63, 3.8) is 0 Å². The summed E-state index contributed by atoms with van der Waals surface area (Å²) in [5, 5.41) is 12.5. The zero-order chi connectivity index (χ0) is 15.9. The van der Waals surface area contributed by atoms with Crippen LogP contribution in [-0.2, 0) is 16.0 Å². The van der Waals surface area contributed by atoms with Crippen molar-refractivity contribution < 1.29 is 19.2 Å². The molecule has 22 heavy (non-hydrogen) atoms. The van der Waals surface area contributed by atoms with Gasteiger partial charge in [0.15, 0.2) is 5.82 Å². The number of amides is 1. The molecule has 1 saturated heterocycles. The lowest BCUT2D eigenvalue weighted by Crippen LogP contribution is -2.40. The maximum absolute atomic E-state index is 12.2. The van der Waals surface area contributed by atoms with Gasteiger partial charge in [-0.25, -0.2) is 0 Å². The number of likely N-dealkylation sites (tertiary alicyclic amines) is 1. The van der Waals surface area contributed by atoms with E-state index in [-0.39, 0.29) is 12.3 Å². The fourth-order valence-electron chi connectivity index (χ4n) is 2.85. The van der Waals surface area contributed by atoms with Gasteiger partial charge in [0.1, 0.15) is 0 Å². The lowest BCUT2D eigenvalue weighted by molar-refractivity contribution is -0.137. The molecule has 7 nitrogen and oxygen atoms in total. The normalized spacial score (nSPS) is 18.4. The predicted octanol–water partition coefficient (Wildman–Crippen LogP) is 1.80. The highest BCUT2D eigenvalue weighted by molar-refractivity contribution is 5.76. The van der Waals surface area contributed by atoms with Crippen molar-refractivity contribution in [2.75, 3.05) is 13.1 Å². The highest BCUT2D eigenvalue weighted by Gasteiger charge is 2.23. The van der Waals surface area contributed by atoms with Gasteiger partial charge in [-0.3, -0.25) is 9.59 Å². The molecule has 0 radical (unpaired) electrons. The standard InChI is InChI=1S/C15H23N3O4/c1-11-16-13(22-17-11)5-2-6-14(19)18-9-3-4-12(10-18)7-8-15(20)21/h12H,2-10H2,1H3,(H,20,21). The van der Waals surface area contributed by atoms with E-state index in [1.165, 1.54) is 0 Å². The highest BCUT2D eigenvalue weighted by atomic mass is 16.5. The minimum absolute atomic E-state index is 0.135. The fourth-order valence-corrected chi connectivity index (χ4v) is 2.85. The maximum Gasteiger partial charge on any atom is 0.303 e. The van der Waals surface area contributed by atoms with Gasteiger partial charge < -0.3 is 14.5 Å². The van der Waals surface area contributed by atoms with Gasteiger partial charge in [0.25, 0.3) is 0 Å². The zero-order valence-electron chi connectivity index (χ0n) is 13.0. The zero-order valence-corrected chi connectivity index (χ0v) is 13.0. The lowest BCUT2D eigenvalue weighted by Gasteiger charge is -2.32. The Hall–Kier alpha value is -1.92. The van der Waals surface area contributed by atoms with E-state index in [1.807, 2.05) is 4.90 Å².